The van der Waals surface area contributed by atoms with Gasteiger partial charge >= 0.3 is 0 Å². The van der Waals surface area contributed by atoms with Gasteiger partial charge in [0.25, 0.3) is 5.91 Å². The number of rotatable bonds is 3. The highest BCUT2D eigenvalue weighted by molar-refractivity contribution is 5.93. The summed E-state index contributed by atoms with van der Waals surface area (Å²) in [6.45, 7) is 2.36. The summed E-state index contributed by atoms with van der Waals surface area (Å²) in [7, 11) is 1.63. The molecule has 1 saturated heterocycles. The van der Waals surface area contributed by atoms with E-state index in [1.165, 1.54) is 37.9 Å². The Morgan fingerprint density at radius 3 is 2.66 bits per heavy atom. The summed E-state index contributed by atoms with van der Waals surface area (Å²) in [5, 5.41) is 2.63. The van der Waals surface area contributed by atoms with Crippen LogP contribution in [0, 0.1) is 0 Å². The number of ether oxygens (including phenoxy) is 1. The van der Waals surface area contributed by atoms with Crippen molar-refractivity contribution in [1.82, 2.24) is 15.2 Å². The fraction of sp³-hybridized carbons (Fsp3) is 0.500. The number of piperidine rings is 1. The van der Waals surface area contributed by atoms with Crippen LogP contribution in [0.25, 0.3) is 11.3 Å². The monoisotopic (exact) mass is 391 g/mol. The molecule has 5 heteroatoms. The molecule has 0 radical (unpaired) electrons. The summed E-state index contributed by atoms with van der Waals surface area (Å²) in [6.07, 6.45) is 10.3. The maximum atomic E-state index is 11.7. The molecule has 29 heavy (non-hydrogen) atoms. The average Bonchev–Trinajstić information content (AvgIpc) is 2.73. The molecule has 3 heterocycles. The highest BCUT2D eigenvalue weighted by Gasteiger charge is 2.41. The summed E-state index contributed by atoms with van der Waals surface area (Å²) < 4.78 is 6.60. The Bertz CT molecular complexity index is 897. The van der Waals surface area contributed by atoms with Crippen LogP contribution in [0.3, 0.4) is 0 Å². The molecule has 3 aliphatic rings. The van der Waals surface area contributed by atoms with E-state index in [2.05, 4.69) is 33.4 Å². The maximum absolute atomic E-state index is 11.7. The second kappa shape index (κ2) is 7.45. The standard InChI is InChI=1S/C24H29N3O2/c1-25-23(28)19-5-7-21(26-16-19)17-6-8-22-18(15-17)9-10-24(29-22)11-13-27(14-12-24)20-3-2-4-20/h5-8,15-16,20H,2-4,9-14H2,1H3,(H,25,28). The average molecular weight is 392 g/mol. The molecule has 1 spiro atoms. The molecule has 0 unspecified atom stereocenters. The van der Waals surface area contributed by atoms with Gasteiger partial charge in [-0.05, 0) is 74.4 Å². The molecule has 152 valence electrons. The van der Waals surface area contributed by atoms with Crippen molar-refractivity contribution < 1.29 is 9.53 Å². The molecule has 5 nitrogen and oxygen atoms in total. The first-order valence-electron chi connectivity index (χ1n) is 10.9. The van der Waals surface area contributed by atoms with Crippen molar-refractivity contribution in [3.8, 4) is 17.0 Å². The van der Waals surface area contributed by atoms with E-state index in [4.69, 9.17) is 4.74 Å². The lowest BCUT2D eigenvalue weighted by Gasteiger charge is -2.48. The second-order valence-electron chi connectivity index (χ2n) is 8.74. The molecule has 1 amide bonds. The molecule has 0 bridgehead atoms. The molecular weight excluding hydrogens is 362 g/mol. The fourth-order valence-electron chi connectivity index (χ4n) is 4.92. The first-order chi connectivity index (χ1) is 14.2. The Labute approximate surface area is 172 Å². The van der Waals surface area contributed by atoms with Crippen molar-refractivity contribution in [3.05, 3.63) is 47.7 Å². The van der Waals surface area contributed by atoms with Crippen LogP contribution in [-0.2, 0) is 6.42 Å². The molecular formula is C24H29N3O2. The Morgan fingerprint density at radius 2 is 2.00 bits per heavy atom. The number of pyridine rings is 1. The zero-order chi connectivity index (χ0) is 19.8. The van der Waals surface area contributed by atoms with Gasteiger partial charge in [-0.25, -0.2) is 0 Å². The van der Waals surface area contributed by atoms with E-state index in [1.807, 2.05) is 12.1 Å². The van der Waals surface area contributed by atoms with Gasteiger partial charge in [-0.15, -0.1) is 0 Å². The molecule has 2 aromatic rings. The third kappa shape index (κ3) is 3.52. The lowest BCUT2D eigenvalue weighted by molar-refractivity contribution is -0.0336. The van der Waals surface area contributed by atoms with Crippen LogP contribution in [0.5, 0.6) is 5.75 Å². The number of hydrogen-bond acceptors (Lipinski definition) is 4. The molecule has 2 aliphatic heterocycles. The third-order valence-electron chi connectivity index (χ3n) is 7.09. The maximum Gasteiger partial charge on any atom is 0.252 e. The van der Waals surface area contributed by atoms with E-state index in [1.54, 1.807) is 13.2 Å². The highest BCUT2D eigenvalue weighted by Crippen LogP contribution is 2.41. The van der Waals surface area contributed by atoms with E-state index in [-0.39, 0.29) is 11.5 Å². The predicted octanol–water partition coefficient (Wildman–Crippen LogP) is 3.82. The fourth-order valence-corrected chi connectivity index (χ4v) is 4.92. The van der Waals surface area contributed by atoms with Gasteiger partial charge in [0, 0.05) is 37.9 Å². The number of likely N-dealkylation sites (tertiary alicyclic amines) is 1. The minimum atomic E-state index is -0.114. The molecule has 5 rings (SSSR count). The largest absolute Gasteiger partial charge is 0.487 e. The summed E-state index contributed by atoms with van der Waals surface area (Å²) in [5.74, 6) is 0.926. The SMILES string of the molecule is CNC(=O)c1ccc(-c2ccc3c(c2)CCC2(CCN(C4CCC4)CC2)O3)nc1. The van der Waals surface area contributed by atoms with Crippen LogP contribution in [0.1, 0.15) is 54.4 Å². The lowest BCUT2D eigenvalue weighted by atomic mass is 9.81. The highest BCUT2D eigenvalue weighted by atomic mass is 16.5. The number of carbonyl (C=O) groups excluding carboxylic acids is 1. The number of carbonyl (C=O) groups is 1. The van der Waals surface area contributed by atoms with Crippen LogP contribution in [-0.4, -0.2) is 47.6 Å². The minimum absolute atomic E-state index is 0.0299. The third-order valence-corrected chi connectivity index (χ3v) is 7.09. The molecule has 1 aromatic heterocycles. The van der Waals surface area contributed by atoms with Crippen LogP contribution < -0.4 is 10.1 Å². The van der Waals surface area contributed by atoms with Crippen molar-refractivity contribution >= 4 is 5.91 Å². The molecule has 1 aliphatic carbocycles. The number of hydrogen-bond donors (Lipinski definition) is 1. The Hall–Kier alpha value is -2.40. The van der Waals surface area contributed by atoms with Crippen LogP contribution in [0.4, 0.5) is 0 Å². The molecule has 1 saturated carbocycles. The summed E-state index contributed by atoms with van der Waals surface area (Å²) in [5.41, 5.74) is 3.84. The van der Waals surface area contributed by atoms with E-state index in [0.29, 0.717) is 5.56 Å². The molecule has 2 fully saturated rings. The summed E-state index contributed by atoms with van der Waals surface area (Å²) in [4.78, 5) is 18.9. The van der Waals surface area contributed by atoms with Crippen molar-refractivity contribution in [3.63, 3.8) is 0 Å². The number of nitrogens with one attached hydrogen (secondary N) is 1. The Morgan fingerprint density at radius 1 is 1.17 bits per heavy atom. The van der Waals surface area contributed by atoms with Crippen molar-refractivity contribution in [2.24, 2.45) is 0 Å². The van der Waals surface area contributed by atoms with E-state index in [0.717, 1.165) is 48.7 Å². The number of amides is 1. The topological polar surface area (TPSA) is 54.5 Å². The van der Waals surface area contributed by atoms with Gasteiger partial charge in [0.1, 0.15) is 11.4 Å². The quantitative estimate of drug-likeness (QED) is 0.864. The summed E-state index contributed by atoms with van der Waals surface area (Å²) >= 11 is 0. The van der Waals surface area contributed by atoms with Gasteiger partial charge in [0.05, 0.1) is 11.3 Å². The van der Waals surface area contributed by atoms with Crippen LogP contribution in [0.15, 0.2) is 36.5 Å². The zero-order valence-electron chi connectivity index (χ0n) is 17.1. The molecule has 1 N–H and O–H groups in total. The Balaban J connectivity index is 1.29. The number of aryl methyl sites for hydroxylation is 1. The van der Waals surface area contributed by atoms with Crippen molar-refractivity contribution in [2.75, 3.05) is 20.1 Å². The molecule has 1 aromatic carbocycles. The van der Waals surface area contributed by atoms with Gasteiger partial charge < -0.3 is 15.0 Å². The van der Waals surface area contributed by atoms with E-state index in [9.17, 15) is 4.79 Å². The number of benzene rings is 1. The first-order valence-corrected chi connectivity index (χ1v) is 10.9. The number of nitrogens with zero attached hydrogens (tertiary/aromatic N) is 2. The number of fused-ring (bicyclic) bond motifs is 1. The second-order valence-corrected chi connectivity index (χ2v) is 8.74. The Kier molecular flexibility index (Phi) is 4.78. The van der Waals surface area contributed by atoms with Gasteiger partial charge in [0.2, 0.25) is 0 Å². The van der Waals surface area contributed by atoms with Crippen molar-refractivity contribution in [1.29, 1.82) is 0 Å². The van der Waals surface area contributed by atoms with Gasteiger partial charge in [-0.2, -0.15) is 0 Å². The smallest absolute Gasteiger partial charge is 0.252 e. The predicted molar refractivity (Wildman–Crippen MR) is 113 cm³/mol. The molecule has 0 atom stereocenters. The normalized spacial score (nSPS) is 21.1. The first kappa shape index (κ1) is 18.6. The van der Waals surface area contributed by atoms with Gasteiger partial charge in [-0.3, -0.25) is 9.78 Å². The minimum Gasteiger partial charge on any atom is -0.487 e. The van der Waals surface area contributed by atoms with Gasteiger partial charge in [0.15, 0.2) is 0 Å². The van der Waals surface area contributed by atoms with Crippen LogP contribution >= 0.6 is 0 Å². The van der Waals surface area contributed by atoms with Gasteiger partial charge in [-0.1, -0.05) is 6.42 Å². The zero-order valence-corrected chi connectivity index (χ0v) is 17.1. The van der Waals surface area contributed by atoms with Crippen molar-refractivity contribution in [2.45, 2.75) is 56.6 Å². The lowest BCUT2D eigenvalue weighted by Crippen LogP contribution is -2.53. The van der Waals surface area contributed by atoms with E-state index >= 15 is 0 Å². The van der Waals surface area contributed by atoms with E-state index < -0.39 is 0 Å². The number of aromatic nitrogens is 1. The summed E-state index contributed by atoms with van der Waals surface area (Å²) in [6, 6.07) is 11.0. The van der Waals surface area contributed by atoms with Crippen LogP contribution in [0.2, 0.25) is 0 Å².